The highest BCUT2D eigenvalue weighted by atomic mass is 35.5. The highest BCUT2D eigenvalue weighted by Crippen LogP contribution is 2.38. The Morgan fingerprint density at radius 2 is 2.09 bits per heavy atom. The Morgan fingerprint density at radius 3 is 2.79 bits per heavy atom. The number of rotatable bonds is 9. The van der Waals surface area contributed by atoms with Crippen molar-refractivity contribution in [2.45, 2.75) is 20.4 Å². The number of methoxy groups -OCH3 is 1. The number of fused-ring (bicyclic) bond motifs is 1. The van der Waals surface area contributed by atoms with E-state index in [2.05, 4.69) is 15.3 Å². The second kappa shape index (κ2) is 9.86. The number of ether oxygens (including phenoxy) is 2. The zero-order valence-electron chi connectivity index (χ0n) is 18.7. The molecule has 0 fully saturated rings. The van der Waals surface area contributed by atoms with Gasteiger partial charge in [0.05, 0.1) is 34.8 Å². The van der Waals surface area contributed by atoms with E-state index in [1.54, 1.807) is 19.1 Å². The van der Waals surface area contributed by atoms with Gasteiger partial charge >= 0.3 is 5.97 Å². The number of carbonyl (C=O) groups is 1. The molecule has 4 aromatic rings. The summed E-state index contributed by atoms with van der Waals surface area (Å²) in [5.74, 6) is -0.155. The molecule has 2 N–H and O–H groups in total. The van der Waals surface area contributed by atoms with Crippen molar-refractivity contribution in [1.29, 1.82) is 0 Å². The minimum absolute atomic E-state index is 0.123. The predicted octanol–water partition coefficient (Wildman–Crippen LogP) is 5.48. The van der Waals surface area contributed by atoms with Crippen LogP contribution >= 0.6 is 22.9 Å². The number of hydrogen-bond donors (Lipinski definition) is 2. The first-order chi connectivity index (χ1) is 16.3. The number of halogens is 2. The van der Waals surface area contributed by atoms with Gasteiger partial charge in [0.25, 0.3) is 0 Å². The summed E-state index contributed by atoms with van der Waals surface area (Å²) in [6.07, 6.45) is 1.40. The van der Waals surface area contributed by atoms with Gasteiger partial charge in [-0.15, -0.1) is 11.3 Å². The molecule has 178 valence electrons. The first kappa shape index (κ1) is 23.8. The number of benzene rings is 1. The molecule has 1 aromatic carbocycles. The molecule has 0 saturated carbocycles. The van der Waals surface area contributed by atoms with E-state index in [0.29, 0.717) is 58.5 Å². The van der Waals surface area contributed by atoms with Crippen LogP contribution in [0.4, 0.5) is 10.2 Å². The van der Waals surface area contributed by atoms with E-state index in [1.165, 1.54) is 19.5 Å². The standard InChI is InChI=1S/C23H22ClFN4O4S/c1-4-33-17-10-18(34-22(17)23(30)31)16-9-19(28-11-27-16)26-5-6-29-12(2)7-13-20(29)15(25)8-14(24)21(13)32-3/h7-11H,4-6H2,1-3H3,(H,30,31)(H,26,27,28). The fourth-order valence-electron chi connectivity index (χ4n) is 3.77. The number of hydrogen-bond acceptors (Lipinski definition) is 7. The van der Waals surface area contributed by atoms with E-state index in [0.717, 1.165) is 17.0 Å². The topological polar surface area (TPSA) is 98.5 Å². The summed E-state index contributed by atoms with van der Waals surface area (Å²) in [6.45, 7) is 4.97. The highest BCUT2D eigenvalue weighted by molar-refractivity contribution is 7.17. The van der Waals surface area contributed by atoms with Crippen LogP contribution in [0, 0.1) is 12.7 Å². The molecule has 8 nitrogen and oxygen atoms in total. The second-order valence-electron chi connectivity index (χ2n) is 7.33. The lowest BCUT2D eigenvalue weighted by Gasteiger charge is -2.12. The van der Waals surface area contributed by atoms with Gasteiger partial charge in [0.2, 0.25) is 0 Å². The number of nitrogens with one attached hydrogen (secondary N) is 1. The van der Waals surface area contributed by atoms with E-state index in [-0.39, 0.29) is 9.90 Å². The molecule has 0 amide bonds. The molecule has 34 heavy (non-hydrogen) atoms. The normalized spacial score (nSPS) is 11.1. The van der Waals surface area contributed by atoms with Crippen LogP contribution in [-0.4, -0.2) is 45.9 Å². The van der Waals surface area contributed by atoms with E-state index in [4.69, 9.17) is 21.1 Å². The first-order valence-electron chi connectivity index (χ1n) is 10.4. The molecule has 0 radical (unpaired) electrons. The van der Waals surface area contributed by atoms with Crippen molar-refractivity contribution in [3.8, 4) is 22.1 Å². The van der Waals surface area contributed by atoms with E-state index in [1.807, 2.05) is 17.6 Å². The lowest BCUT2D eigenvalue weighted by atomic mass is 10.2. The Bertz CT molecular complexity index is 1370. The van der Waals surface area contributed by atoms with Gasteiger partial charge in [-0.2, -0.15) is 0 Å². The van der Waals surface area contributed by atoms with Crippen molar-refractivity contribution in [2.75, 3.05) is 25.6 Å². The smallest absolute Gasteiger partial charge is 0.349 e. The van der Waals surface area contributed by atoms with Gasteiger partial charge in [-0.05, 0) is 26.0 Å². The van der Waals surface area contributed by atoms with Crippen LogP contribution in [0.5, 0.6) is 11.5 Å². The molecule has 0 spiro atoms. The van der Waals surface area contributed by atoms with E-state index >= 15 is 0 Å². The number of carboxylic acid groups (broad SMARTS) is 1. The monoisotopic (exact) mass is 504 g/mol. The molecule has 0 unspecified atom stereocenters. The molecule has 0 atom stereocenters. The third kappa shape index (κ3) is 4.51. The summed E-state index contributed by atoms with van der Waals surface area (Å²) in [5.41, 5.74) is 1.86. The maximum atomic E-state index is 14.7. The highest BCUT2D eigenvalue weighted by Gasteiger charge is 2.19. The second-order valence-corrected chi connectivity index (χ2v) is 8.79. The van der Waals surface area contributed by atoms with Crippen LogP contribution in [0.25, 0.3) is 21.5 Å². The number of thiophene rings is 1. The largest absolute Gasteiger partial charge is 0.494 e. The summed E-state index contributed by atoms with van der Waals surface area (Å²) in [7, 11) is 1.50. The Hall–Kier alpha value is -3.37. The lowest BCUT2D eigenvalue weighted by Crippen LogP contribution is -2.13. The number of carboxylic acids is 1. The molecule has 0 aliphatic rings. The zero-order chi connectivity index (χ0) is 24.4. The SMILES string of the molecule is CCOc1cc(-c2cc(NCCn3c(C)cc4c(OC)c(Cl)cc(F)c43)ncn2)sc1C(=O)O. The third-order valence-electron chi connectivity index (χ3n) is 5.20. The van der Waals surface area contributed by atoms with E-state index in [9.17, 15) is 14.3 Å². The Balaban J connectivity index is 1.54. The Kier molecular flexibility index (Phi) is 6.90. The van der Waals surface area contributed by atoms with Crippen LogP contribution in [0.2, 0.25) is 5.02 Å². The van der Waals surface area contributed by atoms with Gasteiger partial charge in [0.1, 0.15) is 29.5 Å². The number of aromatic nitrogens is 3. The van der Waals surface area contributed by atoms with Crippen molar-refractivity contribution in [1.82, 2.24) is 14.5 Å². The van der Waals surface area contributed by atoms with Gasteiger partial charge in [-0.3, -0.25) is 0 Å². The Morgan fingerprint density at radius 1 is 1.29 bits per heavy atom. The summed E-state index contributed by atoms with van der Waals surface area (Å²) in [6, 6.07) is 6.50. The maximum Gasteiger partial charge on any atom is 0.349 e. The molecule has 3 heterocycles. The molecule has 0 aliphatic carbocycles. The molecule has 3 aromatic heterocycles. The number of aromatic carboxylic acids is 1. The third-order valence-corrected chi connectivity index (χ3v) is 6.61. The molecule has 0 saturated heterocycles. The summed E-state index contributed by atoms with van der Waals surface area (Å²) in [4.78, 5) is 20.8. The molecular weight excluding hydrogens is 483 g/mol. The first-order valence-corrected chi connectivity index (χ1v) is 11.6. The van der Waals surface area contributed by atoms with Crippen molar-refractivity contribution in [2.24, 2.45) is 0 Å². The number of anilines is 1. The summed E-state index contributed by atoms with van der Waals surface area (Å²) >= 11 is 7.22. The van der Waals surface area contributed by atoms with Crippen LogP contribution in [-0.2, 0) is 6.54 Å². The fraction of sp³-hybridized carbons (Fsp3) is 0.261. The molecule has 0 aliphatic heterocycles. The van der Waals surface area contributed by atoms with Gasteiger partial charge in [-0.25, -0.2) is 19.2 Å². The summed E-state index contributed by atoms with van der Waals surface area (Å²) in [5, 5.41) is 13.5. The Labute approximate surface area is 203 Å². The predicted molar refractivity (Wildman–Crippen MR) is 130 cm³/mol. The van der Waals surface area contributed by atoms with Gasteiger partial charge in [-0.1, -0.05) is 11.6 Å². The number of aryl methyl sites for hydroxylation is 1. The molecular formula is C23H22ClFN4O4S. The summed E-state index contributed by atoms with van der Waals surface area (Å²) < 4.78 is 27.4. The van der Waals surface area contributed by atoms with Crippen molar-refractivity contribution in [3.63, 3.8) is 0 Å². The van der Waals surface area contributed by atoms with Crippen LogP contribution < -0.4 is 14.8 Å². The van der Waals surface area contributed by atoms with Crippen LogP contribution in [0.1, 0.15) is 22.3 Å². The van der Waals surface area contributed by atoms with Crippen molar-refractivity contribution >= 4 is 45.6 Å². The maximum absolute atomic E-state index is 14.7. The fourth-order valence-corrected chi connectivity index (χ4v) is 4.96. The van der Waals surface area contributed by atoms with Crippen molar-refractivity contribution in [3.05, 3.63) is 52.0 Å². The minimum atomic E-state index is -1.05. The van der Waals surface area contributed by atoms with Crippen LogP contribution in [0.15, 0.2) is 30.6 Å². The molecule has 4 rings (SSSR count). The average molecular weight is 505 g/mol. The van der Waals surface area contributed by atoms with Gasteiger partial charge in [0.15, 0.2) is 4.88 Å². The van der Waals surface area contributed by atoms with Gasteiger partial charge < -0.3 is 24.5 Å². The van der Waals surface area contributed by atoms with Gasteiger partial charge in [0, 0.05) is 36.3 Å². The minimum Gasteiger partial charge on any atom is -0.494 e. The average Bonchev–Trinajstić information content (AvgIpc) is 3.36. The zero-order valence-corrected chi connectivity index (χ0v) is 20.3. The lowest BCUT2D eigenvalue weighted by molar-refractivity contribution is 0.0698. The van der Waals surface area contributed by atoms with Crippen LogP contribution in [0.3, 0.4) is 0 Å². The van der Waals surface area contributed by atoms with Crippen molar-refractivity contribution < 1.29 is 23.8 Å². The molecule has 11 heteroatoms. The quantitative estimate of drug-likeness (QED) is 0.311. The molecule has 0 bridgehead atoms. The number of nitrogens with zero attached hydrogens (tertiary/aromatic N) is 3. The van der Waals surface area contributed by atoms with E-state index < -0.39 is 11.8 Å².